The molecule has 6 heteroatoms. The number of esters is 1. The lowest BCUT2D eigenvalue weighted by molar-refractivity contribution is -0.143. The van der Waals surface area contributed by atoms with Gasteiger partial charge in [-0.3, -0.25) is 10.1 Å². The molecule has 1 aliphatic carbocycles. The lowest BCUT2D eigenvalue weighted by Gasteiger charge is -2.13. The van der Waals surface area contributed by atoms with E-state index < -0.39 is 24.5 Å². The SMILES string of the molecule is C/C=C/C(=O)OCC(=O)NC(=O)NCCC1=CCCCC1. The Kier molecular flexibility index (Phi) is 7.86. The lowest BCUT2D eigenvalue weighted by atomic mass is 9.97. The molecule has 3 amide bonds. The van der Waals surface area contributed by atoms with Gasteiger partial charge in [0, 0.05) is 12.6 Å². The number of nitrogens with one attached hydrogen (secondary N) is 2. The Hall–Kier alpha value is -2.11. The van der Waals surface area contributed by atoms with Crippen LogP contribution in [0.2, 0.25) is 0 Å². The van der Waals surface area contributed by atoms with Crippen LogP contribution in [-0.2, 0) is 14.3 Å². The summed E-state index contributed by atoms with van der Waals surface area (Å²) in [5.74, 6) is -1.26. The van der Waals surface area contributed by atoms with Crippen molar-refractivity contribution < 1.29 is 19.1 Å². The summed E-state index contributed by atoms with van der Waals surface area (Å²) >= 11 is 0. The van der Waals surface area contributed by atoms with Crippen LogP contribution in [0.4, 0.5) is 4.79 Å². The highest BCUT2D eigenvalue weighted by Crippen LogP contribution is 2.19. The lowest BCUT2D eigenvalue weighted by Crippen LogP contribution is -2.41. The van der Waals surface area contributed by atoms with Crippen molar-refractivity contribution in [2.75, 3.05) is 13.2 Å². The molecule has 0 saturated carbocycles. The van der Waals surface area contributed by atoms with Gasteiger partial charge in [-0.1, -0.05) is 17.7 Å². The molecule has 0 saturated heterocycles. The molecule has 0 aromatic heterocycles. The topological polar surface area (TPSA) is 84.5 Å². The van der Waals surface area contributed by atoms with E-state index in [0.717, 1.165) is 19.3 Å². The van der Waals surface area contributed by atoms with E-state index in [0.29, 0.717) is 6.54 Å². The van der Waals surface area contributed by atoms with Crippen molar-refractivity contribution in [3.05, 3.63) is 23.8 Å². The van der Waals surface area contributed by atoms with Gasteiger partial charge in [0.05, 0.1) is 0 Å². The molecule has 6 nitrogen and oxygen atoms in total. The van der Waals surface area contributed by atoms with Crippen molar-refractivity contribution in [1.29, 1.82) is 0 Å². The van der Waals surface area contributed by atoms with Crippen molar-refractivity contribution in [3.8, 4) is 0 Å². The molecular formula is C15H22N2O4. The maximum atomic E-state index is 11.4. The van der Waals surface area contributed by atoms with Gasteiger partial charge in [-0.25, -0.2) is 9.59 Å². The van der Waals surface area contributed by atoms with Gasteiger partial charge in [0.2, 0.25) is 0 Å². The minimum Gasteiger partial charge on any atom is -0.452 e. The standard InChI is InChI=1S/C15H22N2O4/c1-2-6-14(19)21-11-13(18)17-15(20)16-10-9-12-7-4-3-5-8-12/h2,6-7H,3-5,8-11H2,1H3,(H2,16,17,18,20)/b6-2+. The molecule has 0 fully saturated rings. The Balaban J connectivity index is 2.13. The van der Waals surface area contributed by atoms with E-state index in [4.69, 9.17) is 0 Å². The van der Waals surface area contributed by atoms with Crippen molar-refractivity contribution in [3.63, 3.8) is 0 Å². The molecule has 0 aliphatic heterocycles. The van der Waals surface area contributed by atoms with Gasteiger partial charge in [-0.05, 0) is 39.0 Å². The molecule has 0 unspecified atom stereocenters. The Morgan fingerprint density at radius 1 is 1.33 bits per heavy atom. The first-order valence-electron chi connectivity index (χ1n) is 7.17. The summed E-state index contributed by atoms with van der Waals surface area (Å²) in [6, 6.07) is -0.571. The monoisotopic (exact) mass is 294 g/mol. The van der Waals surface area contributed by atoms with E-state index >= 15 is 0 Å². The van der Waals surface area contributed by atoms with Gasteiger partial charge in [0.15, 0.2) is 6.61 Å². The second-order valence-corrected chi connectivity index (χ2v) is 4.77. The molecule has 0 spiro atoms. The molecule has 0 radical (unpaired) electrons. The van der Waals surface area contributed by atoms with Crippen LogP contribution >= 0.6 is 0 Å². The zero-order chi connectivity index (χ0) is 15.5. The zero-order valence-electron chi connectivity index (χ0n) is 12.3. The van der Waals surface area contributed by atoms with Gasteiger partial charge in [0.1, 0.15) is 0 Å². The van der Waals surface area contributed by atoms with Crippen LogP contribution in [0.15, 0.2) is 23.8 Å². The maximum Gasteiger partial charge on any atom is 0.330 e. The summed E-state index contributed by atoms with van der Waals surface area (Å²) in [6.45, 7) is 1.68. The highest BCUT2D eigenvalue weighted by molar-refractivity contribution is 5.96. The summed E-state index contributed by atoms with van der Waals surface area (Å²) in [7, 11) is 0. The van der Waals surface area contributed by atoms with E-state index in [1.165, 1.54) is 30.6 Å². The number of hydrogen-bond donors (Lipinski definition) is 2. The van der Waals surface area contributed by atoms with Gasteiger partial charge >= 0.3 is 12.0 Å². The van der Waals surface area contributed by atoms with Crippen LogP contribution < -0.4 is 10.6 Å². The fraction of sp³-hybridized carbons (Fsp3) is 0.533. The third-order valence-corrected chi connectivity index (χ3v) is 3.02. The minimum absolute atomic E-state index is 0.470. The van der Waals surface area contributed by atoms with Crippen molar-refractivity contribution >= 4 is 17.9 Å². The highest BCUT2D eigenvalue weighted by Gasteiger charge is 2.09. The van der Waals surface area contributed by atoms with E-state index in [2.05, 4.69) is 21.4 Å². The predicted octanol–water partition coefficient (Wildman–Crippen LogP) is 1.82. The number of carbonyl (C=O) groups excluding carboxylic acids is 3. The molecule has 0 atom stereocenters. The summed E-state index contributed by atoms with van der Waals surface area (Å²) in [6.07, 6.45) is 10.4. The van der Waals surface area contributed by atoms with Crippen molar-refractivity contribution in [1.82, 2.24) is 10.6 Å². The van der Waals surface area contributed by atoms with Gasteiger partial charge < -0.3 is 10.1 Å². The molecule has 0 aromatic rings. The number of imide groups is 1. The summed E-state index contributed by atoms with van der Waals surface area (Å²) in [5, 5.41) is 4.71. The number of amides is 3. The Morgan fingerprint density at radius 3 is 2.81 bits per heavy atom. The normalized spacial score (nSPS) is 14.4. The smallest absolute Gasteiger partial charge is 0.330 e. The van der Waals surface area contributed by atoms with Crippen LogP contribution in [-0.4, -0.2) is 31.1 Å². The fourth-order valence-electron chi connectivity index (χ4n) is 2.00. The second kappa shape index (κ2) is 9.74. The first-order valence-corrected chi connectivity index (χ1v) is 7.17. The van der Waals surface area contributed by atoms with Crippen LogP contribution in [0.25, 0.3) is 0 Å². The Morgan fingerprint density at radius 2 is 2.14 bits per heavy atom. The van der Waals surface area contributed by atoms with E-state index in [1.54, 1.807) is 6.92 Å². The number of rotatable bonds is 6. The minimum atomic E-state index is -0.651. The van der Waals surface area contributed by atoms with Crippen LogP contribution in [0.5, 0.6) is 0 Å². The fourth-order valence-corrected chi connectivity index (χ4v) is 2.00. The third-order valence-electron chi connectivity index (χ3n) is 3.02. The zero-order valence-corrected chi connectivity index (χ0v) is 12.3. The van der Waals surface area contributed by atoms with Crippen LogP contribution in [0, 0.1) is 0 Å². The molecule has 0 bridgehead atoms. The Bertz CT molecular complexity index is 441. The second-order valence-electron chi connectivity index (χ2n) is 4.77. The maximum absolute atomic E-state index is 11.4. The summed E-state index contributed by atoms with van der Waals surface area (Å²) in [4.78, 5) is 33.8. The number of allylic oxidation sites excluding steroid dienone is 2. The molecule has 1 aliphatic rings. The average Bonchev–Trinajstić information content (AvgIpc) is 2.46. The van der Waals surface area contributed by atoms with Gasteiger partial charge in [-0.15, -0.1) is 0 Å². The van der Waals surface area contributed by atoms with E-state index in [-0.39, 0.29) is 0 Å². The first kappa shape index (κ1) is 16.9. The molecule has 0 heterocycles. The van der Waals surface area contributed by atoms with Crippen molar-refractivity contribution in [2.45, 2.75) is 39.0 Å². The Labute approximate surface area is 124 Å². The quantitative estimate of drug-likeness (QED) is 0.444. The molecule has 2 N–H and O–H groups in total. The third kappa shape index (κ3) is 7.91. The molecule has 1 rings (SSSR count). The van der Waals surface area contributed by atoms with Crippen molar-refractivity contribution in [2.24, 2.45) is 0 Å². The molecule has 21 heavy (non-hydrogen) atoms. The average molecular weight is 294 g/mol. The largest absolute Gasteiger partial charge is 0.452 e. The van der Waals surface area contributed by atoms with E-state index in [9.17, 15) is 14.4 Å². The van der Waals surface area contributed by atoms with Gasteiger partial charge in [0.25, 0.3) is 5.91 Å². The van der Waals surface area contributed by atoms with Crippen LogP contribution in [0.3, 0.4) is 0 Å². The first-order chi connectivity index (χ1) is 10.1. The molecule has 0 aromatic carbocycles. The number of urea groups is 1. The highest BCUT2D eigenvalue weighted by atomic mass is 16.5. The van der Waals surface area contributed by atoms with Gasteiger partial charge in [-0.2, -0.15) is 0 Å². The molecular weight excluding hydrogens is 272 g/mol. The number of hydrogen-bond acceptors (Lipinski definition) is 4. The van der Waals surface area contributed by atoms with E-state index in [1.807, 2.05) is 0 Å². The predicted molar refractivity (Wildman–Crippen MR) is 78.5 cm³/mol. The summed E-state index contributed by atoms with van der Waals surface area (Å²) in [5.41, 5.74) is 1.35. The number of carbonyl (C=O) groups is 3. The van der Waals surface area contributed by atoms with Crippen LogP contribution in [0.1, 0.15) is 39.0 Å². The molecule has 116 valence electrons. The number of ether oxygens (including phenoxy) is 1. The summed E-state index contributed by atoms with van der Waals surface area (Å²) < 4.78 is 4.62.